The molecule has 3 nitrogen and oxygen atoms in total. The molecule has 1 heterocycles. The lowest BCUT2D eigenvalue weighted by Gasteiger charge is -2.32. The van der Waals surface area contributed by atoms with Crippen LogP contribution in [0.1, 0.15) is 12.5 Å². The van der Waals surface area contributed by atoms with E-state index in [1.54, 1.807) is 0 Å². The Labute approximate surface area is 121 Å². The molecule has 0 radical (unpaired) electrons. The maximum absolute atomic E-state index is 6.30. The molecule has 0 amide bonds. The smallest absolute Gasteiger partial charge is 0.138 e. The average molecular weight is 283 g/mol. The molecule has 1 aromatic rings. The molecule has 1 aliphatic heterocycles. The molecule has 0 spiro atoms. The molecular formula is C15H23ClN2O. The minimum atomic E-state index is 0.705. The van der Waals surface area contributed by atoms with Gasteiger partial charge in [-0.15, -0.1) is 0 Å². The molecule has 0 N–H and O–H groups in total. The minimum absolute atomic E-state index is 0.705. The van der Waals surface area contributed by atoms with Crippen molar-refractivity contribution in [3.63, 3.8) is 0 Å². The predicted molar refractivity (Wildman–Crippen MR) is 80.3 cm³/mol. The van der Waals surface area contributed by atoms with Crippen LogP contribution in [-0.2, 0) is 6.42 Å². The number of hydrogen-bond donors (Lipinski definition) is 0. The molecule has 106 valence electrons. The van der Waals surface area contributed by atoms with E-state index in [1.807, 2.05) is 12.1 Å². The molecule has 1 aromatic carbocycles. The van der Waals surface area contributed by atoms with Gasteiger partial charge in [-0.3, -0.25) is 4.90 Å². The molecule has 2 rings (SSSR count). The molecule has 0 bridgehead atoms. The van der Waals surface area contributed by atoms with Gasteiger partial charge in [0.15, 0.2) is 0 Å². The van der Waals surface area contributed by atoms with Gasteiger partial charge in [0.05, 0.1) is 5.02 Å². The summed E-state index contributed by atoms with van der Waals surface area (Å²) in [5.41, 5.74) is 1.15. The van der Waals surface area contributed by atoms with Crippen LogP contribution in [0.5, 0.6) is 5.75 Å². The zero-order valence-corrected chi connectivity index (χ0v) is 12.6. The van der Waals surface area contributed by atoms with Crippen molar-refractivity contribution in [3.8, 4) is 5.75 Å². The maximum atomic E-state index is 6.30. The highest BCUT2D eigenvalue weighted by Crippen LogP contribution is 2.28. The van der Waals surface area contributed by atoms with Crippen LogP contribution in [0.25, 0.3) is 0 Å². The fraction of sp³-hybridized carbons (Fsp3) is 0.600. The molecule has 1 aliphatic rings. The average Bonchev–Trinajstić information content (AvgIpc) is 2.43. The standard InChI is InChI=1S/C15H23ClN2O/c1-3-13-5-4-6-14(15(13)16)19-12-11-18-9-7-17(2)8-10-18/h4-6H,3,7-12H2,1-2H3. The van der Waals surface area contributed by atoms with Gasteiger partial charge in [-0.1, -0.05) is 30.7 Å². The second kappa shape index (κ2) is 7.13. The first-order chi connectivity index (χ1) is 9.20. The summed E-state index contributed by atoms with van der Waals surface area (Å²) in [5, 5.41) is 0.767. The molecule has 0 atom stereocenters. The summed E-state index contributed by atoms with van der Waals surface area (Å²) in [7, 11) is 2.17. The van der Waals surface area contributed by atoms with Gasteiger partial charge in [-0.25, -0.2) is 0 Å². The lowest BCUT2D eigenvalue weighted by Crippen LogP contribution is -2.45. The summed E-state index contributed by atoms with van der Waals surface area (Å²) < 4.78 is 5.82. The third-order valence-corrected chi connectivity index (χ3v) is 4.11. The van der Waals surface area contributed by atoms with E-state index in [9.17, 15) is 0 Å². The van der Waals surface area contributed by atoms with Crippen LogP contribution in [0.15, 0.2) is 18.2 Å². The number of aryl methyl sites for hydroxylation is 1. The van der Waals surface area contributed by atoms with Crippen LogP contribution >= 0.6 is 11.6 Å². The van der Waals surface area contributed by atoms with Crippen molar-refractivity contribution in [1.82, 2.24) is 9.80 Å². The minimum Gasteiger partial charge on any atom is -0.491 e. The van der Waals surface area contributed by atoms with Gasteiger partial charge >= 0.3 is 0 Å². The topological polar surface area (TPSA) is 15.7 Å². The largest absolute Gasteiger partial charge is 0.491 e. The van der Waals surface area contributed by atoms with Gasteiger partial charge in [-0.2, -0.15) is 0 Å². The third kappa shape index (κ3) is 4.10. The van der Waals surface area contributed by atoms with E-state index >= 15 is 0 Å². The van der Waals surface area contributed by atoms with Crippen LogP contribution in [-0.4, -0.2) is 56.2 Å². The number of hydrogen-bond acceptors (Lipinski definition) is 3. The Bertz CT molecular complexity index is 403. The second-order valence-electron chi connectivity index (χ2n) is 5.08. The van der Waals surface area contributed by atoms with Gasteiger partial charge in [0.25, 0.3) is 0 Å². The van der Waals surface area contributed by atoms with E-state index in [-0.39, 0.29) is 0 Å². The lowest BCUT2D eigenvalue weighted by molar-refractivity contribution is 0.134. The second-order valence-corrected chi connectivity index (χ2v) is 5.45. The van der Waals surface area contributed by atoms with E-state index in [2.05, 4.69) is 29.8 Å². The van der Waals surface area contributed by atoms with Crippen molar-refractivity contribution < 1.29 is 4.74 Å². The summed E-state index contributed by atoms with van der Waals surface area (Å²) in [6.07, 6.45) is 0.939. The van der Waals surface area contributed by atoms with E-state index < -0.39 is 0 Å². The Morgan fingerprint density at radius 2 is 1.95 bits per heavy atom. The Morgan fingerprint density at radius 3 is 2.63 bits per heavy atom. The summed E-state index contributed by atoms with van der Waals surface area (Å²) in [4.78, 5) is 4.80. The first-order valence-electron chi connectivity index (χ1n) is 7.01. The molecule has 0 saturated carbocycles. The Kier molecular flexibility index (Phi) is 5.49. The van der Waals surface area contributed by atoms with E-state index in [0.717, 1.165) is 55.5 Å². The van der Waals surface area contributed by atoms with Crippen molar-refractivity contribution in [2.45, 2.75) is 13.3 Å². The quantitative estimate of drug-likeness (QED) is 0.825. The highest BCUT2D eigenvalue weighted by molar-refractivity contribution is 6.32. The summed E-state index contributed by atoms with van der Waals surface area (Å²) in [6, 6.07) is 6.01. The SMILES string of the molecule is CCc1cccc(OCCN2CCN(C)CC2)c1Cl. The highest BCUT2D eigenvalue weighted by atomic mass is 35.5. The van der Waals surface area contributed by atoms with Gasteiger partial charge in [-0.05, 0) is 25.1 Å². The Hall–Kier alpha value is -0.770. The number of halogens is 1. The van der Waals surface area contributed by atoms with Crippen molar-refractivity contribution in [3.05, 3.63) is 28.8 Å². The Morgan fingerprint density at radius 1 is 1.21 bits per heavy atom. The normalized spacial score (nSPS) is 17.6. The molecule has 1 fully saturated rings. The van der Waals surface area contributed by atoms with Gasteiger partial charge in [0, 0.05) is 32.7 Å². The number of nitrogens with zero attached hydrogens (tertiary/aromatic N) is 2. The molecular weight excluding hydrogens is 260 g/mol. The first-order valence-corrected chi connectivity index (χ1v) is 7.39. The predicted octanol–water partition coefficient (Wildman–Crippen LogP) is 2.53. The fourth-order valence-corrected chi connectivity index (χ4v) is 2.61. The van der Waals surface area contributed by atoms with E-state index in [0.29, 0.717) is 6.61 Å². The molecule has 19 heavy (non-hydrogen) atoms. The fourth-order valence-electron chi connectivity index (χ4n) is 2.30. The Balaban J connectivity index is 1.79. The molecule has 0 aromatic heterocycles. The number of rotatable bonds is 5. The number of benzene rings is 1. The van der Waals surface area contributed by atoms with Gasteiger partial charge in [0.1, 0.15) is 12.4 Å². The number of likely N-dealkylation sites (N-methyl/N-ethyl adjacent to an activating group) is 1. The van der Waals surface area contributed by atoms with Crippen molar-refractivity contribution in [1.29, 1.82) is 0 Å². The zero-order valence-electron chi connectivity index (χ0n) is 11.9. The van der Waals surface area contributed by atoms with Crippen LogP contribution in [0, 0.1) is 0 Å². The van der Waals surface area contributed by atoms with Crippen molar-refractivity contribution in [2.24, 2.45) is 0 Å². The monoisotopic (exact) mass is 282 g/mol. The molecule has 0 aliphatic carbocycles. The van der Waals surface area contributed by atoms with Crippen molar-refractivity contribution >= 4 is 11.6 Å². The highest BCUT2D eigenvalue weighted by Gasteiger charge is 2.13. The van der Waals surface area contributed by atoms with Crippen LogP contribution < -0.4 is 4.74 Å². The van der Waals surface area contributed by atoms with Gasteiger partial charge < -0.3 is 9.64 Å². The summed E-state index contributed by atoms with van der Waals surface area (Å²) >= 11 is 6.30. The van der Waals surface area contributed by atoms with Crippen LogP contribution in [0.2, 0.25) is 5.02 Å². The van der Waals surface area contributed by atoms with E-state index in [4.69, 9.17) is 16.3 Å². The van der Waals surface area contributed by atoms with Crippen LogP contribution in [0.3, 0.4) is 0 Å². The van der Waals surface area contributed by atoms with E-state index in [1.165, 1.54) is 0 Å². The molecule has 1 saturated heterocycles. The van der Waals surface area contributed by atoms with Crippen molar-refractivity contribution in [2.75, 3.05) is 46.4 Å². The van der Waals surface area contributed by atoms with Gasteiger partial charge in [0.2, 0.25) is 0 Å². The number of ether oxygens (including phenoxy) is 1. The first kappa shape index (κ1) is 14.6. The number of piperazine rings is 1. The van der Waals surface area contributed by atoms with Crippen LogP contribution in [0.4, 0.5) is 0 Å². The maximum Gasteiger partial charge on any atom is 0.138 e. The third-order valence-electron chi connectivity index (χ3n) is 3.69. The zero-order chi connectivity index (χ0) is 13.7. The summed E-state index contributed by atoms with van der Waals surface area (Å²) in [5.74, 6) is 0.815. The molecule has 0 unspecified atom stereocenters. The molecule has 4 heteroatoms. The lowest BCUT2D eigenvalue weighted by atomic mass is 10.1. The summed E-state index contributed by atoms with van der Waals surface area (Å²) in [6.45, 7) is 8.33.